The maximum atomic E-state index is 6.05. The fourth-order valence-electron chi connectivity index (χ4n) is 2.06. The smallest absolute Gasteiger partial charge is 0.00696 e. The molecule has 1 rings (SSSR count). The van der Waals surface area contributed by atoms with Crippen molar-refractivity contribution in [2.75, 3.05) is 0 Å². The molecule has 11 heavy (non-hydrogen) atoms. The van der Waals surface area contributed by atoms with Crippen LogP contribution >= 0.6 is 0 Å². The van der Waals surface area contributed by atoms with Gasteiger partial charge in [-0.3, -0.25) is 0 Å². The number of hydrogen-bond acceptors (Lipinski definition) is 1. The van der Waals surface area contributed by atoms with Gasteiger partial charge in [-0.2, -0.15) is 0 Å². The van der Waals surface area contributed by atoms with Crippen molar-refractivity contribution in [3.8, 4) is 0 Å². The Morgan fingerprint density at radius 3 is 2.64 bits per heavy atom. The highest BCUT2D eigenvalue weighted by Crippen LogP contribution is 2.35. The second-order valence-corrected chi connectivity index (χ2v) is 4.90. The minimum absolute atomic E-state index is 0.437. The predicted octanol–water partition coefficient (Wildman–Crippen LogP) is 2.55. The summed E-state index contributed by atoms with van der Waals surface area (Å²) in [6, 6.07) is 0.437. The van der Waals surface area contributed by atoms with Gasteiger partial charge in [0.15, 0.2) is 0 Å². The third-order valence-corrected chi connectivity index (χ3v) is 3.03. The average molecular weight is 155 g/mol. The fourth-order valence-corrected chi connectivity index (χ4v) is 2.06. The van der Waals surface area contributed by atoms with E-state index in [4.69, 9.17) is 5.73 Å². The fraction of sp³-hybridized carbons (Fsp3) is 1.00. The molecule has 1 saturated carbocycles. The second-order valence-electron chi connectivity index (χ2n) is 4.90. The third-order valence-electron chi connectivity index (χ3n) is 3.03. The molecule has 1 nitrogen and oxygen atoms in total. The minimum Gasteiger partial charge on any atom is -0.327 e. The lowest BCUT2D eigenvalue weighted by molar-refractivity contribution is 0.287. The van der Waals surface area contributed by atoms with Gasteiger partial charge in [0, 0.05) is 6.04 Å². The van der Waals surface area contributed by atoms with Crippen LogP contribution < -0.4 is 5.73 Å². The summed E-state index contributed by atoms with van der Waals surface area (Å²) in [5, 5.41) is 0. The summed E-state index contributed by atoms with van der Waals surface area (Å²) >= 11 is 0. The molecule has 0 heterocycles. The zero-order valence-electron chi connectivity index (χ0n) is 8.06. The molecular formula is C10H21N. The van der Waals surface area contributed by atoms with E-state index in [0.29, 0.717) is 11.5 Å². The standard InChI is InChI=1S/C10H21N/c1-8-5-4-6-10(2,3)7-9(8)11/h8-9H,4-7,11H2,1-3H3. The van der Waals surface area contributed by atoms with Gasteiger partial charge in [0.25, 0.3) is 0 Å². The Labute approximate surface area is 70.4 Å². The molecule has 0 aliphatic heterocycles. The zero-order chi connectivity index (χ0) is 8.48. The van der Waals surface area contributed by atoms with E-state index in [2.05, 4.69) is 20.8 Å². The van der Waals surface area contributed by atoms with Gasteiger partial charge in [-0.05, 0) is 30.6 Å². The van der Waals surface area contributed by atoms with Crippen LogP contribution in [0.25, 0.3) is 0 Å². The Bertz CT molecular complexity index is 129. The molecule has 2 unspecified atom stereocenters. The Hall–Kier alpha value is -0.0400. The highest BCUT2D eigenvalue weighted by molar-refractivity contribution is 4.82. The number of nitrogens with two attached hydrogens (primary N) is 1. The Balaban J connectivity index is 2.55. The molecule has 1 fully saturated rings. The molecular weight excluding hydrogens is 134 g/mol. The molecule has 0 aromatic heterocycles. The lowest BCUT2D eigenvalue weighted by Gasteiger charge is -2.25. The van der Waals surface area contributed by atoms with Crippen molar-refractivity contribution >= 4 is 0 Å². The van der Waals surface area contributed by atoms with Crippen LogP contribution in [0, 0.1) is 11.3 Å². The first-order chi connectivity index (χ1) is 5.01. The summed E-state index contributed by atoms with van der Waals surface area (Å²) in [7, 11) is 0. The van der Waals surface area contributed by atoms with Crippen LogP contribution in [-0.4, -0.2) is 6.04 Å². The molecule has 0 amide bonds. The summed E-state index contributed by atoms with van der Waals surface area (Å²) < 4.78 is 0. The molecule has 0 aromatic carbocycles. The van der Waals surface area contributed by atoms with Crippen LogP contribution in [0.2, 0.25) is 0 Å². The van der Waals surface area contributed by atoms with Gasteiger partial charge < -0.3 is 5.73 Å². The van der Waals surface area contributed by atoms with E-state index < -0.39 is 0 Å². The molecule has 0 saturated heterocycles. The van der Waals surface area contributed by atoms with Gasteiger partial charge in [-0.1, -0.05) is 27.2 Å². The third kappa shape index (κ3) is 2.48. The summed E-state index contributed by atoms with van der Waals surface area (Å²) in [6.07, 6.45) is 5.24. The number of hydrogen-bond donors (Lipinski definition) is 1. The summed E-state index contributed by atoms with van der Waals surface area (Å²) in [6.45, 7) is 6.96. The normalized spacial score (nSPS) is 38.2. The quantitative estimate of drug-likeness (QED) is 0.534. The Morgan fingerprint density at radius 2 is 2.00 bits per heavy atom. The molecule has 1 aliphatic carbocycles. The maximum absolute atomic E-state index is 6.05. The summed E-state index contributed by atoms with van der Waals surface area (Å²) in [4.78, 5) is 0. The first-order valence-corrected chi connectivity index (χ1v) is 4.77. The van der Waals surface area contributed by atoms with E-state index in [1.54, 1.807) is 0 Å². The molecule has 1 aliphatic rings. The topological polar surface area (TPSA) is 26.0 Å². The first kappa shape index (κ1) is 9.05. The Morgan fingerprint density at radius 1 is 1.36 bits per heavy atom. The predicted molar refractivity (Wildman–Crippen MR) is 49.4 cm³/mol. The van der Waals surface area contributed by atoms with E-state index in [0.717, 1.165) is 5.92 Å². The second kappa shape index (κ2) is 3.14. The first-order valence-electron chi connectivity index (χ1n) is 4.77. The van der Waals surface area contributed by atoms with Crippen molar-refractivity contribution in [3.05, 3.63) is 0 Å². The van der Waals surface area contributed by atoms with Crippen molar-refractivity contribution in [2.24, 2.45) is 17.1 Å². The molecule has 2 N–H and O–H groups in total. The van der Waals surface area contributed by atoms with Crippen molar-refractivity contribution in [1.29, 1.82) is 0 Å². The molecule has 2 atom stereocenters. The van der Waals surface area contributed by atoms with Gasteiger partial charge >= 0.3 is 0 Å². The average Bonchev–Trinajstić information content (AvgIpc) is 1.93. The van der Waals surface area contributed by atoms with Crippen LogP contribution in [-0.2, 0) is 0 Å². The van der Waals surface area contributed by atoms with Gasteiger partial charge in [0.05, 0.1) is 0 Å². The summed E-state index contributed by atoms with van der Waals surface area (Å²) in [5.74, 6) is 0.733. The van der Waals surface area contributed by atoms with Gasteiger partial charge in [0.1, 0.15) is 0 Å². The molecule has 0 bridgehead atoms. The van der Waals surface area contributed by atoms with Crippen LogP contribution in [0.5, 0.6) is 0 Å². The van der Waals surface area contributed by atoms with Crippen LogP contribution in [0.4, 0.5) is 0 Å². The van der Waals surface area contributed by atoms with Crippen molar-refractivity contribution < 1.29 is 0 Å². The van der Waals surface area contributed by atoms with Crippen molar-refractivity contribution in [3.63, 3.8) is 0 Å². The van der Waals surface area contributed by atoms with E-state index in [9.17, 15) is 0 Å². The number of rotatable bonds is 0. The largest absolute Gasteiger partial charge is 0.327 e. The molecule has 1 heteroatoms. The molecule has 66 valence electrons. The highest BCUT2D eigenvalue weighted by Gasteiger charge is 2.27. The molecule has 0 spiro atoms. The van der Waals surface area contributed by atoms with E-state index in [1.165, 1.54) is 25.7 Å². The molecule has 0 radical (unpaired) electrons. The van der Waals surface area contributed by atoms with E-state index >= 15 is 0 Å². The maximum Gasteiger partial charge on any atom is 0.00696 e. The van der Waals surface area contributed by atoms with Crippen molar-refractivity contribution in [1.82, 2.24) is 0 Å². The van der Waals surface area contributed by atoms with Crippen LogP contribution in [0.15, 0.2) is 0 Å². The van der Waals surface area contributed by atoms with E-state index in [-0.39, 0.29) is 0 Å². The monoisotopic (exact) mass is 155 g/mol. The van der Waals surface area contributed by atoms with Crippen molar-refractivity contribution in [2.45, 2.75) is 52.5 Å². The lowest BCUT2D eigenvalue weighted by Crippen LogP contribution is -2.31. The Kier molecular flexibility index (Phi) is 2.58. The SMILES string of the molecule is CC1CCCC(C)(C)CC1N. The molecule has 0 aromatic rings. The van der Waals surface area contributed by atoms with Gasteiger partial charge in [0.2, 0.25) is 0 Å². The highest BCUT2D eigenvalue weighted by atomic mass is 14.7. The lowest BCUT2D eigenvalue weighted by atomic mass is 9.83. The van der Waals surface area contributed by atoms with Gasteiger partial charge in [-0.15, -0.1) is 0 Å². The minimum atomic E-state index is 0.437. The zero-order valence-corrected chi connectivity index (χ0v) is 8.06. The summed E-state index contributed by atoms with van der Waals surface area (Å²) in [5.41, 5.74) is 6.54. The van der Waals surface area contributed by atoms with E-state index in [1.807, 2.05) is 0 Å². The van der Waals surface area contributed by atoms with Crippen LogP contribution in [0.3, 0.4) is 0 Å². The van der Waals surface area contributed by atoms with Crippen LogP contribution in [0.1, 0.15) is 46.5 Å². The van der Waals surface area contributed by atoms with Gasteiger partial charge in [-0.25, -0.2) is 0 Å².